The fourth-order valence-corrected chi connectivity index (χ4v) is 3.04. The van der Waals surface area contributed by atoms with E-state index >= 15 is 0 Å². The molecular weight excluding hydrogens is 275 g/mol. The molecule has 0 bridgehead atoms. The molecule has 0 radical (unpaired) electrons. The number of rotatable bonds is 18. The van der Waals surface area contributed by atoms with E-state index in [0.29, 0.717) is 6.61 Å². The molecule has 21 heavy (non-hydrogen) atoms. The summed E-state index contributed by atoms with van der Waals surface area (Å²) in [5.41, 5.74) is 0. The summed E-state index contributed by atoms with van der Waals surface area (Å²) in [4.78, 5) is 0. The van der Waals surface area contributed by atoms with Crippen LogP contribution in [0.5, 0.6) is 0 Å². The van der Waals surface area contributed by atoms with Crippen LogP contribution in [0.25, 0.3) is 0 Å². The number of hydrogen-bond donors (Lipinski definition) is 0. The van der Waals surface area contributed by atoms with Crippen molar-refractivity contribution in [2.45, 2.75) is 110 Å². The summed E-state index contributed by atoms with van der Waals surface area (Å²) in [6, 6.07) is 0. The van der Waals surface area contributed by atoms with Crippen molar-refractivity contribution in [1.29, 1.82) is 0 Å². The van der Waals surface area contributed by atoms with E-state index < -0.39 is 15.5 Å². The molecule has 0 aliphatic carbocycles. The van der Waals surface area contributed by atoms with Crippen molar-refractivity contribution < 1.29 is 7.59 Å². The molecule has 0 aliphatic rings. The molecule has 0 fully saturated rings. The van der Waals surface area contributed by atoms with Crippen molar-refractivity contribution >= 4 is 15.5 Å². The average Bonchev–Trinajstić information content (AvgIpc) is 2.50. The van der Waals surface area contributed by atoms with E-state index in [-0.39, 0.29) is 0 Å². The van der Waals surface area contributed by atoms with Crippen molar-refractivity contribution in [1.82, 2.24) is 0 Å². The summed E-state index contributed by atoms with van der Waals surface area (Å²) < 4.78 is 15.0. The standard InChI is InChI=1S/C18H37O.Al.O/c1-2-3-4-5-6-7-8-9-10-11-12-13-14-15-16-17-18-19;;/h2-18H2,1H3;;/q-1;+1;. The monoisotopic (exact) mass is 312 g/mol. The second-order valence-electron chi connectivity index (χ2n) is 6.27. The van der Waals surface area contributed by atoms with Crippen LogP contribution >= 0.6 is 0 Å². The molecule has 124 valence electrons. The Labute approximate surface area is 139 Å². The maximum atomic E-state index is 10.2. The molecule has 0 unspecified atom stereocenters. The molecule has 0 rings (SSSR count). The zero-order valence-electron chi connectivity index (χ0n) is 14.4. The minimum atomic E-state index is -0.992. The Bertz CT molecular complexity index is 198. The third-order valence-corrected chi connectivity index (χ3v) is 4.56. The van der Waals surface area contributed by atoms with Crippen LogP contribution in [0.4, 0.5) is 0 Å². The van der Waals surface area contributed by atoms with E-state index in [0.717, 1.165) is 6.42 Å². The second-order valence-corrected chi connectivity index (χ2v) is 6.80. The molecule has 0 spiro atoms. The van der Waals surface area contributed by atoms with E-state index in [1.165, 1.54) is 96.3 Å². The van der Waals surface area contributed by atoms with Gasteiger partial charge < -0.3 is 0 Å². The minimum absolute atomic E-state index is 0.692. The van der Waals surface area contributed by atoms with E-state index in [4.69, 9.17) is 3.79 Å². The summed E-state index contributed by atoms with van der Waals surface area (Å²) in [6.45, 7) is 2.97. The van der Waals surface area contributed by atoms with Crippen LogP contribution in [0.1, 0.15) is 110 Å². The second kappa shape index (κ2) is 20.1. The van der Waals surface area contributed by atoms with Crippen LogP contribution in [0.15, 0.2) is 0 Å². The Balaban J connectivity index is 2.91. The van der Waals surface area contributed by atoms with Crippen molar-refractivity contribution in [3.05, 3.63) is 0 Å². The van der Waals surface area contributed by atoms with Gasteiger partial charge in [0.15, 0.2) is 0 Å². The molecule has 2 nitrogen and oxygen atoms in total. The molecule has 0 N–H and O–H groups in total. The molecule has 0 amide bonds. The van der Waals surface area contributed by atoms with E-state index in [1.807, 2.05) is 0 Å². The van der Waals surface area contributed by atoms with Crippen molar-refractivity contribution in [2.75, 3.05) is 6.61 Å². The van der Waals surface area contributed by atoms with E-state index in [2.05, 4.69) is 6.92 Å². The average molecular weight is 312 g/mol. The third-order valence-electron chi connectivity index (χ3n) is 4.18. The van der Waals surface area contributed by atoms with Gasteiger partial charge in [-0.05, 0) is 0 Å². The molecule has 0 atom stereocenters. The van der Waals surface area contributed by atoms with Gasteiger partial charge in [-0.2, -0.15) is 0 Å². The first kappa shape index (κ1) is 21.1. The van der Waals surface area contributed by atoms with Crippen LogP contribution < -0.4 is 0 Å². The predicted molar refractivity (Wildman–Crippen MR) is 91.9 cm³/mol. The SMILES string of the molecule is CCCCCCCCCCCCCCCCCC[O][Al]=[O]. The summed E-state index contributed by atoms with van der Waals surface area (Å²) in [6.07, 6.45) is 22.2. The van der Waals surface area contributed by atoms with Crippen LogP contribution in [0, 0.1) is 0 Å². The number of hydrogen-bond acceptors (Lipinski definition) is 2. The Hall–Kier alpha value is 0.132. The van der Waals surface area contributed by atoms with Gasteiger partial charge in [0.1, 0.15) is 0 Å². The molecule has 0 heterocycles. The molecule has 0 aromatic heterocycles. The van der Waals surface area contributed by atoms with E-state index in [1.54, 1.807) is 0 Å². The molecule has 0 saturated heterocycles. The van der Waals surface area contributed by atoms with Crippen molar-refractivity contribution in [3.63, 3.8) is 0 Å². The Kier molecular flexibility index (Phi) is 20.3. The Morgan fingerprint density at radius 3 is 1.24 bits per heavy atom. The first-order valence-corrected chi connectivity index (χ1v) is 10.4. The topological polar surface area (TPSA) is 26.3 Å². The first-order chi connectivity index (χ1) is 10.4. The quantitative estimate of drug-likeness (QED) is 0.221. The van der Waals surface area contributed by atoms with E-state index in [9.17, 15) is 3.80 Å². The zero-order valence-corrected chi connectivity index (χ0v) is 15.6. The summed E-state index contributed by atoms with van der Waals surface area (Å²) in [5.74, 6) is 0. The van der Waals surface area contributed by atoms with Gasteiger partial charge in [0.05, 0.1) is 0 Å². The van der Waals surface area contributed by atoms with Gasteiger partial charge in [-0.1, -0.05) is 45.4 Å². The predicted octanol–water partition coefficient (Wildman–Crippen LogP) is 6.23. The summed E-state index contributed by atoms with van der Waals surface area (Å²) in [5, 5.41) is 0. The van der Waals surface area contributed by atoms with Crippen LogP contribution in [-0.2, 0) is 7.59 Å². The van der Waals surface area contributed by atoms with Gasteiger partial charge in [-0.15, -0.1) is 0 Å². The molecule has 0 aromatic carbocycles. The molecule has 0 aliphatic heterocycles. The van der Waals surface area contributed by atoms with Gasteiger partial charge >= 0.3 is 93.9 Å². The Morgan fingerprint density at radius 1 is 0.571 bits per heavy atom. The van der Waals surface area contributed by atoms with Crippen LogP contribution in [-0.4, -0.2) is 22.1 Å². The van der Waals surface area contributed by atoms with Gasteiger partial charge in [-0.3, -0.25) is 0 Å². The molecule has 0 saturated carbocycles. The summed E-state index contributed by atoms with van der Waals surface area (Å²) in [7, 11) is 0. The third kappa shape index (κ3) is 20.1. The van der Waals surface area contributed by atoms with Crippen molar-refractivity contribution in [2.24, 2.45) is 0 Å². The number of unbranched alkanes of at least 4 members (excludes halogenated alkanes) is 15. The van der Waals surface area contributed by atoms with Crippen molar-refractivity contribution in [3.8, 4) is 0 Å². The van der Waals surface area contributed by atoms with Crippen LogP contribution in [0.3, 0.4) is 0 Å². The normalized spacial score (nSPS) is 10.5. The molecular formula is C18H37AlO2. The van der Waals surface area contributed by atoms with Gasteiger partial charge in [0, 0.05) is 0 Å². The Morgan fingerprint density at radius 2 is 0.905 bits per heavy atom. The van der Waals surface area contributed by atoms with Gasteiger partial charge in [0.25, 0.3) is 0 Å². The first-order valence-electron chi connectivity index (χ1n) is 9.47. The maximum absolute atomic E-state index is 10.2. The van der Waals surface area contributed by atoms with Crippen LogP contribution in [0.2, 0.25) is 0 Å². The molecule has 0 aromatic rings. The molecule has 3 heteroatoms. The summed E-state index contributed by atoms with van der Waals surface area (Å²) >= 11 is -0.992. The zero-order chi connectivity index (χ0) is 15.4. The van der Waals surface area contributed by atoms with Gasteiger partial charge in [0.2, 0.25) is 0 Å². The van der Waals surface area contributed by atoms with Gasteiger partial charge in [-0.25, -0.2) is 0 Å². The fourth-order valence-electron chi connectivity index (χ4n) is 2.78. The fraction of sp³-hybridized carbons (Fsp3) is 1.00.